The molecule has 0 atom stereocenters. The summed E-state index contributed by atoms with van der Waals surface area (Å²) in [5.74, 6) is 0.219. The Bertz CT molecular complexity index is 780. The van der Waals surface area contributed by atoms with Gasteiger partial charge < -0.3 is 9.73 Å². The van der Waals surface area contributed by atoms with Gasteiger partial charge in [0.25, 0.3) is 0 Å². The second-order valence-corrected chi connectivity index (χ2v) is 5.30. The van der Waals surface area contributed by atoms with Crippen molar-refractivity contribution in [2.24, 2.45) is 0 Å². The van der Waals surface area contributed by atoms with Crippen molar-refractivity contribution in [1.82, 2.24) is 10.3 Å². The van der Waals surface area contributed by atoms with Crippen LogP contribution >= 0.6 is 0 Å². The number of aromatic nitrogens is 1. The van der Waals surface area contributed by atoms with Crippen LogP contribution in [0.2, 0.25) is 0 Å². The van der Waals surface area contributed by atoms with Gasteiger partial charge in [-0.3, -0.25) is 4.79 Å². The lowest BCUT2D eigenvalue weighted by atomic mass is 10.2. The largest absolute Gasteiger partial charge is 0.441 e. The van der Waals surface area contributed by atoms with E-state index in [4.69, 9.17) is 4.42 Å². The highest BCUT2D eigenvalue weighted by Gasteiger charge is 2.08. The molecule has 0 saturated heterocycles. The number of nitrogens with zero attached hydrogens (tertiary/aromatic N) is 1. The van der Waals surface area contributed by atoms with E-state index >= 15 is 0 Å². The van der Waals surface area contributed by atoms with Crippen molar-refractivity contribution in [3.8, 4) is 0 Å². The van der Waals surface area contributed by atoms with Gasteiger partial charge in [-0.15, -0.1) is 0 Å². The molecule has 1 heterocycles. The van der Waals surface area contributed by atoms with E-state index in [2.05, 4.69) is 10.3 Å². The summed E-state index contributed by atoms with van der Waals surface area (Å²) in [7, 11) is 0. The molecule has 1 aromatic heterocycles. The van der Waals surface area contributed by atoms with Crippen LogP contribution in [0.4, 0.5) is 4.39 Å². The first-order valence-electron chi connectivity index (χ1n) is 7.57. The highest BCUT2D eigenvalue weighted by molar-refractivity contribution is 5.76. The van der Waals surface area contributed by atoms with Gasteiger partial charge in [-0.05, 0) is 24.6 Å². The lowest BCUT2D eigenvalue weighted by Gasteiger charge is -2.05. The number of rotatable bonds is 6. The predicted octanol–water partition coefficient (Wildman–Crippen LogP) is 3.61. The van der Waals surface area contributed by atoms with E-state index in [0.29, 0.717) is 30.7 Å². The third-order valence-corrected chi connectivity index (χ3v) is 3.57. The fourth-order valence-electron chi connectivity index (χ4n) is 2.35. The molecule has 0 radical (unpaired) electrons. The zero-order valence-electron chi connectivity index (χ0n) is 12.6. The molecule has 23 heavy (non-hydrogen) atoms. The second kappa shape index (κ2) is 7.05. The van der Waals surface area contributed by atoms with Gasteiger partial charge >= 0.3 is 0 Å². The number of fused-ring (bicyclic) bond motifs is 1. The fraction of sp³-hybridized carbons (Fsp3) is 0.222. The number of aryl methyl sites for hydroxylation is 1. The van der Waals surface area contributed by atoms with Gasteiger partial charge in [-0.25, -0.2) is 9.37 Å². The van der Waals surface area contributed by atoms with Crippen LogP contribution < -0.4 is 5.32 Å². The molecule has 5 heteroatoms. The maximum atomic E-state index is 13.4. The molecule has 0 saturated carbocycles. The summed E-state index contributed by atoms with van der Waals surface area (Å²) in [6.07, 6.45) is 1.59. The third kappa shape index (κ3) is 3.94. The molecule has 3 rings (SSSR count). The molecule has 4 nitrogen and oxygen atoms in total. The molecule has 0 aliphatic heterocycles. The minimum Gasteiger partial charge on any atom is -0.441 e. The average molecular weight is 312 g/mol. The number of nitrogens with one attached hydrogen (secondary N) is 1. The molecule has 3 aromatic rings. The van der Waals surface area contributed by atoms with E-state index in [1.165, 1.54) is 6.07 Å². The zero-order chi connectivity index (χ0) is 16.1. The van der Waals surface area contributed by atoms with Gasteiger partial charge in [-0.2, -0.15) is 0 Å². The molecule has 0 unspecified atom stereocenters. The molecule has 0 bridgehead atoms. The number of carbonyl (C=O) groups excluding carboxylic acids is 1. The molecule has 118 valence electrons. The zero-order valence-corrected chi connectivity index (χ0v) is 12.6. The summed E-state index contributed by atoms with van der Waals surface area (Å²) in [5.41, 5.74) is 2.07. The number of hydrogen-bond donors (Lipinski definition) is 1. The monoisotopic (exact) mass is 312 g/mol. The molecule has 1 amide bonds. The van der Waals surface area contributed by atoms with Crippen LogP contribution in [0, 0.1) is 5.82 Å². The van der Waals surface area contributed by atoms with E-state index < -0.39 is 0 Å². The molecule has 1 N–H and O–H groups in total. The van der Waals surface area contributed by atoms with Crippen LogP contribution in [0.5, 0.6) is 0 Å². The summed E-state index contributed by atoms with van der Waals surface area (Å²) in [4.78, 5) is 16.2. The minimum absolute atomic E-state index is 0.107. The fourth-order valence-corrected chi connectivity index (χ4v) is 2.35. The van der Waals surface area contributed by atoms with Crippen molar-refractivity contribution in [3.63, 3.8) is 0 Å². The van der Waals surface area contributed by atoms with Crippen LogP contribution in [0.3, 0.4) is 0 Å². The Balaban J connectivity index is 1.45. The Hall–Kier alpha value is -2.69. The number of oxazole rings is 1. The summed E-state index contributed by atoms with van der Waals surface area (Å²) in [5, 5.41) is 2.72. The first-order valence-corrected chi connectivity index (χ1v) is 7.57. The van der Waals surface area contributed by atoms with E-state index in [1.807, 2.05) is 24.3 Å². The van der Waals surface area contributed by atoms with Gasteiger partial charge in [0.15, 0.2) is 11.5 Å². The van der Waals surface area contributed by atoms with E-state index in [1.54, 1.807) is 18.2 Å². The summed E-state index contributed by atoms with van der Waals surface area (Å²) >= 11 is 0. The summed E-state index contributed by atoms with van der Waals surface area (Å²) in [6, 6.07) is 14.0. The van der Waals surface area contributed by atoms with Gasteiger partial charge in [0, 0.05) is 24.9 Å². The van der Waals surface area contributed by atoms with Crippen LogP contribution in [0.25, 0.3) is 11.1 Å². The van der Waals surface area contributed by atoms with Crippen LogP contribution in [0.15, 0.2) is 52.9 Å². The van der Waals surface area contributed by atoms with Crippen molar-refractivity contribution < 1.29 is 13.6 Å². The van der Waals surface area contributed by atoms with E-state index in [0.717, 1.165) is 11.1 Å². The SMILES string of the molecule is O=C(CCCc1nc2ccccc2o1)NCc1ccccc1F. The Kier molecular flexibility index (Phi) is 4.66. The molecule has 0 fully saturated rings. The molecular formula is C18H17FN2O2. The average Bonchev–Trinajstić information content (AvgIpc) is 2.97. The van der Waals surface area contributed by atoms with E-state index in [-0.39, 0.29) is 18.3 Å². The normalized spacial score (nSPS) is 10.8. The van der Waals surface area contributed by atoms with Gasteiger partial charge in [0.2, 0.25) is 5.91 Å². The highest BCUT2D eigenvalue weighted by atomic mass is 19.1. The van der Waals surface area contributed by atoms with Crippen molar-refractivity contribution in [1.29, 1.82) is 0 Å². The minimum atomic E-state index is -0.306. The van der Waals surface area contributed by atoms with E-state index in [9.17, 15) is 9.18 Å². The van der Waals surface area contributed by atoms with Crippen LogP contribution in [-0.4, -0.2) is 10.9 Å². The predicted molar refractivity (Wildman–Crippen MR) is 85.2 cm³/mol. The van der Waals surface area contributed by atoms with Gasteiger partial charge in [0.05, 0.1) is 0 Å². The highest BCUT2D eigenvalue weighted by Crippen LogP contribution is 2.16. The van der Waals surface area contributed by atoms with Crippen LogP contribution in [0.1, 0.15) is 24.3 Å². The Morgan fingerprint density at radius 2 is 1.91 bits per heavy atom. The maximum Gasteiger partial charge on any atom is 0.220 e. The van der Waals surface area contributed by atoms with Crippen LogP contribution in [-0.2, 0) is 17.8 Å². The first kappa shape index (κ1) is 15.2. The van der Waals surface area contributed by atoms with Gasteiger partial charge in [-0.1, -0.05) is 30.3 Å². The Morgan fingerprint density at radius 3 is 2.74 bits per heavy atom. The summed E-state index contributed by atoms with van der Waals surface area (Å²) < 4.78 is 19.0. The lowest BCUT2D eigenvalue weighted by molar-refractivity contribution is -0.121. The standard InChI is InChI=1S/C18H17FN2O2/c19-14-7-2-1-6-13(14)12-20-17(22)10-5-11-18-21-15-8-3-4-9-16(15)23-18/h1-4,6-9H,5,10-12H2,(H,20,22). The molecule has 0 aliphatic rings. The number of para-hydroxylation sites is 2. The number of amides is 1. The Morgan fingerprint density at radius 1 is 1.13 bits per heavy atom. The smallest absolute Gasteiger partial charge is 0.220 e. The molecule has 0 aliphatic carbocycles. The number of carbonyl (C=O) groups is 1. The third-order valence-electron chi connectivity index (χ3n) is 3.57. The topological polar surface area (TPSA) is 55.1 Å². The molecule has 2 aromatic carbocycles. The maximum absolute atomic E-state index is 13.4. The quantitative estimate of drug-likeness (QED) is 0.756. The lowest BCUT2D eigenvalue weighted by Crippen LogP contribution is -2.23. The van der Waals surface area contributed by atoms with Crippen molar-refractivity contribution in [2.45, 2.75) is 25.8 Å². The number of halogens is 1. The molecular weight excluding hydrogens is 295 g/mol. The number of benzene rings is 2. The number of hydrogen-bond acceptors (Lipinski definition) is 3. The summed E-state index contributed by atoms with van der Waals surface area (Å²) in [6.45, 7) is 0.203. The van der Waals surface area contributed by atoms with Gasteiger partial charge in [0.1, 0.15) is 11.3 Å². The second-order valence-electron chi connectivity index (χ2n) is 5.30. The van der Waals surface area contributed by atoms with Crippen molar-refractivity contribution >= 4 is 17.0 Å². The first-order chi connectivity index (χ1) is 11.2. The Labute approximate surface area is 133 Å². The molecule has 0 spiro atoms. The van der Waals surface area contributed by atoms with Crippen molar-refractivity contribution in [2.75, 3.05) is 0 Å². The van der Waals surface area contributed by atoms with Crippen molar-refractivity contribution in [3.05, 3.63) is 65.8 Å².